The van der Waals surface area contributed by atoms with Gasteiger partial charge in [0, 0.05) is 12.1 Å². The van der Waals surface area contributed by atoms with E-state index >= 15 is 0 Å². The van der Waals surface area contributed by atoms with Gasteiger partial charge in [-0.05, 0) is 20.9 Å². The number of nitrogens with one attached hydrogen (secondary N) is 3. The second-order valence-electron chi connectivity index (χ2n) is 3.24. The second kappa shape index (κ2) is 4.15. The van der Waals surface area contributed by atoms with Crippen LogP contribution in [0.3, 0.4) is 0 Å². The Kier molecular flexibility index (Phi) is 3.42. The second-order valence-corrected chi connectivity index (χ2v) is 3.24. The molecule has 0 spiro atoms. The summed E-state index contributed by atoms with van der Waals surface area (Å²) in [4.78, 5) is 5.28. The topological polar surface area (TPSA) is 71.3 Å². The lowest BCUT2D eigenvalue weighted by molar-refractivity contribution is 0.00527. The van der Waals surface area contributed by atoms with E-state index in [2.05, 4.69) is 16.1 Å². The van der Waals surface area contributed by atoms with Crippen LogP contribution >= 0.6 is 0 Å². The van der Waals surface area contributed by atoms with Gasteiger partial charge in [-0.15, -0.1) is 0 Å². The normalized spacial score (nSPS) is 35.0. The zero-order valence-electron chi connectivity index (χ0n) is 7.79. The first-order valence-electron chi connectivity index (χ1n) is 4.25. The number of hydrogen-bond acceptors (Lipinski definition) is 5. The van der Waals surface area contributed by atoms with Gasteiger partial charge < -0.3 is 11.1 Å². The number of nitrogens with two attached hydrogens (primary N) is 1. The largest absolute Gasteiger partial charge is 0.325 e. The highest BCUT2D eigenvalue weighted by molar-refractivity contribution is 4.81. The number of likely N-dealkylation sites (N-methyl/N-ethyl adjacent to an activating group) is 1. The Balaban J connectivity index is 2.35. The monoisotopic (exact) mass is 174 g/mol. The molecule has 0 aromatic rings. The first kappa shape index (κ1) is 9.88. The smallest absolute Gasteiger partial charge is 0.146 e. The van der Waals surface area contributed by atoms with Crippen molar-refractivity contribution in [1.29, 1.82) is 0 Å². The maximum absolute atomic E-state index is 5.68. The molecule has 0 radical (unpaired) electrons. The molecule has 0 aromatic carbocycles. The van der Waals surface area contributed by atoms with Crippen LogP contribution in [0.25, 0.3) is 0 Å². The highest BCUT2D eigenvalue weighted by Crippen LogP contribution is 2.03. The molecule has 1 rings (SSSR count). The van der Waals surface area contributed by atoms with Gasteiger partial charge in [0.2, 0.25) is 0 Å². The lowest BCUT2D eigenvalue weighted by Gasteiger charge is -2.18. The Morgan fingerprint density at radius 2 is 2.17 bits per heavy atom. The highest BCUT2D eigenvalue weighted by Gasteiger charge is 2.29. The molecule has 1 fully saturated rings. The fourth-order valence-electron chi connectivity index (χ4n) is 1.05. The van der Waals surface area contributed by atoms with E-state index in [9.17, 15) is 0 Å². The van der Waals surface area contributed by atoms with Crippen LogP contribution < -0.4 is 21.8 Å². The van der Waals surface area contributed by atoms with Crippen molar-refractivity contribution in [2.24, 2.45) is 5.73 Å². The van der Waals surface area contributed by atoms with Crippen molar-refractivity contribution in [1.82, 2.24) is 16.1 Å². The van der Waals surface area contributed by atoms with Gasteiger partial charge in [-0.3, -0.25) is 10.2 Å². The third kappa shape index (κ3) is 2.15. The van der Waals surface area contributed by atoms with Gasteiger partial charge >= 0.3 is 0 Å². The van der Waals surface area contributed by atoms with Crippen LogP contribution in [0.15, 0.2) is 0 Å². The molecule has 5 nitrogen and oxygen atoms in total. The Labute approximate surface area is 73.0 Å². The van der Waals surface area contributed by atoms with Crippen LogP contribution in [0, 0.1) is 0 Å². The molecule has 0 amide bonds. The Morgan fingerprint density at radius 3 is 2.58 bits per heavy atom. The average Bonchev–Trinajstić information content (AvgIpc) is 2.51. The van der Waals surface area contributed by atoms with Crippen molar-refractivity contribution in [2.45, 2.75) is 38.3 Å². The van der Waals surface area contributed by atoms with E-state index in [4.69, 9.17) is 10.6 Å². The summed E-state index contributed by atoms with van der Waals surface area (Å²) in [7, 11) is 1.90. The third-order valence-electron chi connectivity index (χ3n) is 2.10. The predicted octanol–water partition coefficient (Wildman–Crippen LogP) is -1.28. The van der Waals surface area contributed by atoms with Crippen LogP contribution in [0.4, 0.5) is 0 Å². The molecule has 0 saturated carbocycles. The number of hydrogen-bond donors (Lipinski definition) is 4. The van der Waals surface area contributed by atoms with E-state index in [1.807, 2.05) is 20.9 Å². The maximum atomic E-state index is 5.68. The number of rotatable bonds is 3. The molecule has 1 aliphatic rings. The van der Waals surface area contributed by atoms with E-state index in [0.29, 0.717) is 0 Å². The van der Waals surface area contributed by atoms with Crippen LogP contribution in [-0.2, 0) is 4.84 Å². The molecule has 1 saturated heterocycles. The SMILES string of the molecule is CN[C@@H](C)C1NC(C(C)N)NO1. The van der Waals surface area contributed by atoms with Crippen molar-refractivity contribution in [3.63, 3.8) is 0 Å². The Bertz CT molecular complexity index is 141. The molecule has 1 heterocycles. The summed E-state index contributed by atoms with van der Waals surface area (Å²) in [6.45, 7) is 3.98. The van der Waals surface area contributed by atoms with Gasteiger partial charge in [0.15, 0.2) is 0 Å². The van der Waals surface area contributed by atoms with E-state index < -0.39 is 0 Å². The number of hydroxylamine groups is 1. The summed E-state index contributed by atoms with van der Waals surface area (Å²) in [5.41, 5.74) is 8.52. The van der Waals surface area contributed by atoms with Gasteiger partial charge in [0.1, 0.15) is 6.23 Å². The lowest BCUT2D eigenvalue weighted by atomic mass is 10.2. The fourth-order valence-corrected chi connectivity index (χ4v) is 1.05. The predicted molar refractivity (Wildman–Crippen MR) is 47.1 cm³/mol. The molecule has 0 bridgehead atoms. The highest BCUT2D eigenvalue weighted by atomic mass is 16.7. The molecule has 5 N–H and O–H groups in total. The van der Waals surface area contributed by atoms with Gasteiger partial charge in [-0.25, -0.2) is 0 Å². The minimum absolute atomic E-state index is 0.00833. The van der Waals surface area contributed by atoms with Gasteiger partial charge in [-0.1, -0.05) is 0 Å². The van der Waals surface area contributed by atoms with Crippen LogP contribution in [0.5, 0.6) is 0 Å². The van der Waals surface area contributed by atoms with Crippen LogP contribution in [0.1, 0.15) is 13.8 Å². The molecule has 1 aliphatic heterocycles. The molecule has 0 aromatic heterocycles. The van der Waals surface area contributed by atoms with Crippen molar-refractivity contribution in [2.75, 3.05) is 7.05 Å². The zero-order chi connectivity index (χ0) is 9.14. The molecule has 12 heavy (non-hydrogen) atoms. The molecule has 72 valence electrons. The minimum Gasteiger partial charge on any atom is -0.325 e. The average molecular weight is 174 g/mol. The fraction of sp³-hybridized carbons (Fsp3) is 1.00. The van der Waals surface area contributed by atoms with Crippen LogP contribution in [0.2, 0.25) is 0 Å². The summed E-state index contributed by atoms with van der Waals surface area (Å²) >= 11 is 0. The van der Waals surface area contributed by atoms with Crippen molar-refractivity contribution in [3.05, 3.63) is 0 Å². The first-order valence-corrected chi connectivity index (χ1v) is 4.25. The van der Waals surface area contributed by atoms with Crippen molar-refractivity contribution >= 4 is 0 Å². The summed E-state index contributed by atoms with van der Waals surface area (Å²) in [6, 6.07) is 0.306. The molecule has 3 unspecified atom stereocenters. The molecular formula is C7H18N4O. The van der Waals surface area contributed by atoms with E-state index in [0.717, 1.165) is 0 Å². The summed E-state index contributed by atoms with van der Waals surface area (Å²) in [6.07, 6.45) is 0.0387. The summed E-state index contributed by atoms with van der Waals surface area (Å²) in [5.74, 6) is 0. The maximum Gasteiger partial charge on any atom is 0.146 e. The van der Waals surface area contributed by atoms with E-state index in [-0.39, 0.29) is 24.5 Å². The molecule has 5 heteroatoms. The first-order chi connectivity index (χ1) is 5.65. The van der Waals surface area contributed by atoms with Crippen molar-refractivity contribution in [3.8, 4) is 0 Å². The standard InChI is InChI=1S/C7H18N4O/c1-4(8)6-10-7(12-11-6)5(2)9-3/h4-7,9-11H,8H2,1-3H3/t4?,5-,6?,7?/m0/s1. The minimum atomic E-state index is -0.00833. The molecule has 0 aliphatic carbocycles. The molecular weight excluding hydrogens is 156 g/mol. The van der Waals surface area contributed by atoms with Crippen LogP contribution in [-0.4, -0.2) is 31.5 Å². The Hall–Kier alpha value is -0.200. The summed E-state index contributed by atoms with van der Waals surface area (Å²) in [5, 5.41) is 6.32. The van der Waals surface area contributed by atoms with Gasteiger partial charge in [0.05, 0.1) is 6.17 Å². The Morgan fingerprint density at radius 1 is 1.50 bits per heavy atom. The van der Waals surface area contributed by atoms with E-state index in [1.54, 1.807) is 0 Å². The van der Waals surface area contributed by atoms with Gasteiger partial charge in [-0.2, -0.15) is 5.48 Å². The quantitative estimate of drug-likeness (QED) is 0.429. The van der Waals surface area contributed by atoms with Crippen molar-refractivity contribution < 1.29 is 4.84 Å². The summed E-state index contributed by atoms with van der Waals surface area (Å²) < 4.78 is 0. The lowest BCUT2D eigenvalue weighted by Crippen LogP contribution is -2.50. The zero-order valence-corrected chi connectivity index (χ0v) is 7.79. The van der Waals surface area contributed by atoms with E-state index in [1.165, 1.54) is 0 Å². The molecule has 4 atom stereocenters. The van der Waals surface area contributed by atoms with Gasteiger partial charge in [0.25, 0.3) is 0 Å². The third-order valence-corrected chi connectivity index (χ3v) is 2.10.